The maximum absolute atomic E-state index is 14.0. The van der Waals surface area contributed by atoms with Gasteiger partial charge in [0, 0.05) is 24.7 Å². The maximum Gasteiger partial charge on any atom is 0.340 e. The second-order valence-electron chi connectivity index (χ2n) is 9.48. The van der Waals surface area contributed by atoms with E-state index in [0.29, 0.717) is 30.2 Å². The normalized spacial score (nSPS) is 19.7. The fourth-order valence-electron chi connectivity index (χ4n) is 4.24. The standard InChI is InChI=1S/C25H31FN4O2/c1-25(2,3)27-13-8-14-29(4)24(31)30-23(17-9-6-5-7-10-17)20-16-32-21-12-11-18(26)15-19(21)22(20)28-30/h5-7,9-12,15,20,23,27H,8,13-14,16H2,1-4H3. The zero-order valence-corrected chi connectivity index (χ0v) is 19.1. The first-order valence-corrected chi connectivity index (χ1v) is 11.1. The summed E-state index contributed by atoms with van der Waals surface area (Å²) in [6.45, 7) is 8.18. The van der Waals surface area contributed by atoms with E-state index in [2.05, 4.69) is 26.1 Å². The molecule has 2 atom stereocenters. The van der Waals surface area contributed by atoms with Gasteiger partial charge in [0.25, 0.3) is 0 Å². The molecule has 7 heteroatoms. The van der Waals surface area contributed by atoms with E-state index < -0.39 is 0 Å². The van der Waals surface area contributed by atoms with Crippen LogP contribution in [0.15, 0.2) is 53.6 Å². The SMILES string of the molecule is CN(CCCNC(C)(C)C)C(=O)N1N=C2c3cc(F)ccc3OCC2C1c1ccccc1. The Morgan fingerprint density at radius 1 is 1.25 bits per heavy atom. The van der Waals surface area contributed by atoms with E-state index >= 15 is 0 Å². The van der Waals surface area contributed by atoms with Gasteiger partial charge in [0.2, 0.25) is 0 Å². The van der Waals surface area contributed by atoms with Gasteiger partial charge in [-0.15, -0.1) is 0 Å². The Morgan fingerprint density at radius 3 is 2.72 bits per heavy atom. The summed E-state index contributed by atoms with van der Waals surface area (Å²) < 4.78 is 19.9. The van der Waals surface area contributed by atoms with Gasteiger partial charge in [0.05, 0.1) is 24.3 Å². The highest BCUT2D eigenvalue weighted by atomic mass is 19.1. The molecule has 0 saturated heterocycles. The van der Waals surface area contributed by atoms with Crippen molar-refractivity contribution < 1.29 is 13.9 Å². The predicted molar refractivity (Wildman–Crippen MR) is 123 cm³/mol. The Morgan fingerprint density at radius 2 is 2.00 bits per heavy atom. The van der Waals surface area contributed by atoms with Crippen LogP contribution in [-0.4, -0.2) is 53.9 Å². The molecule has 0 bridgehead atoms. The minimum absolute atomic E-state index is 0.0419. The van der Waals surface area contributed by atoms with Crippen molar-refractivity contribution in [3.8, 4) is 5.75 Å². The molecule has 2 aliphatic heterocycles. The molecule has 0 saturated carbocycles. The minimum Gasteiger partial charge on any atom is -0.492 e. The van der Waals surface area contributed by atoms with Gasteiger partial charge in [-0.25, -0.2) is 14.2 Å². The third-order valence-corrected chi connectivity index (χ3v) is 5.84. The smallest absolute Gasteiger partial charge is 0.340 e. The number of hydrogen-bond acceptors (Lipinski definition) is 4. The Bertz CT molecular complexity index is 1000. The second kappa shape index (κ2) is 8.90. The molecule has 32 heavy (non-hydrogen) atoms. The average molecular weight is 439 g/mol. The first-order chi connectivity index (χ1) is 15.2. The van der Waals surface area contributed by atoms with Crippen molar-refractivity contribution in [3.63, 3.8) is 0 Å². The van der Waals surface area contributed by atoms with E-state index in [9.17, 15) is 9.18 Å². The maximum atomic E-state index is 14.0. The Balaban J connectivity index is 1.59. The van der Waals surface area contributed by atoms with E-state index in [0.717, 1.165) is 18.5 Å². The molecule has 0 spiro atoms. The van der Waals surface area contributed by atoms with Gasteiger partial charge in [-0.3, -0.25) is 0 Å². The number of hydrogen-bond donors (Lipinski definition) is 1. The molecule has 2 aromatic carbocycles. The Labute approximate surface area is 189 Å². The van der Waals surface area contributed by atoms with Crippen molar-refractivity contribution in [2.75, 3.05) is 26.7 Å². The summed E-state index contributed by atoms with van der Waals surface area (Å²) in [5, 5.41) is 9.73. The molecule has 2 amide bonds. The molecule has 2 aromatic rings. The van der Waals surface area contributed by atoms with Crippen LogP contribution in [0.4, 0.5) is 9.18 Å². The van der Waals surface area contributed by atoms with Gasteiger partial charge in [-0.05, 0) is 57.5 Å². The highest BCUT2D eigenvalue weighted by Gasteiger charge is 2.45. The van der Waals surface area contributed by atoms with E-state index in [1.165, 1.54) is 12.1 Å². The van der Waals surface area contributed by atoms with E-state index in [-0.39, 0.29) is 29.3 Å². The van der Waals surface area contributed by atoms with Crippen LogP contribution in [0.1, 0.15) is 44.4 Å². The van der Waals surface area contributed by atoms with Crippen LogP contribution in [-0.2, 0) is 0 Å². The fraction of sp³-hybridized carbons (Fsp3) is 0.440. The number of carbonyl (C=O) groups excluding carboxylic acids is 1. The largest absolute Gasteiger partial charge is 0.492 e. The summed E-state index contributed by atoms with van der Waals surface area (Å²) in [4.78, 5) is 15.2. The second-order valence-corrected chi connectivity index (χ2v) is 9.48. The van der Waals surface area contributed by atoms with Crippen molar-refractivity contribution >= 4 is 11.7 Å². The van der Waals surface area contributed by atoms with Crippen LogP contribution in [0.2, 0.25) is 0 Å². The number of urea groups is 1. The number of ether oxygens (including phenoxy) is 1. The lowest BCUT2D eigenvalue weighted by Gasteiger charge is -2.31. The first kappa shape index (κ1) is 22.3. The molecule has 4 rings (SSSR count). The quantitative estimate of drug-likeness (QED) is 0.703. The minimum atomic E-state index is -0.347. The summed E-state index contributed by atoms with van der Waals surface area (Å²) in [7, 11) is 1.80. The average Bonchev–Trinajstić information content (AvgIpc) is 3.16. The van der Waals surface area contributed by atoms with E-state index in [1.54, 1.807) is 23.0 Å². The Kier molecular flexibility index (Phi) is 6.20. The summed E-state index contributed by atoms with van der Waals surface area (Å²) in [5.74, 6) is 0.0935. The predicted octanol–water partition coefficient (Wildman–Crippen LogP) is 4.43. The summed E-state index contributed by atoms with van der Waals surface area (Å²) >= 11 is 0. The lowest BCUT2D eigenvalue weighted by molar-refractivity contribution is 0.133. The number of carbonyl (C=O) groups is 1. The highest BCUT2D eigenvalue weighted by molar-refractivity contribution is 6.07. The fourth-order valence-corrected chi connectivity index (χ4v) is 4.24. The summed E-state index contributed by atoms with van der Waals surface area (Å²) in [5.41, 5.74) is 2.35. The number of rotatable bonds is 5. The van der Waals surface area contributed by atoms with Gasteiger partial charge in [0.15, 0.2) is 0 Å². The number of fused-ring (bicyclic) bond motifs is 3. The molecule has 0 radical (unpaired) electrons. The molecule has 2 unspecified atom stereocenters. The third-order valence-electron chi connectivity index (χ3n) is 5.84. The molecule has 2 aliphatic rings. The highest BCUT2D eigenvalue weighted by Crippen LogP contribution is 2.42. The third kappa shape index (κ3) is 4.63. The first-order valence-electron chi connectivity index (χ1n) is 11.1. The van der Waals surface area contributed by atoms with Crippen molar-refractivity contribution in [1.29, 1.82) is 0 Å². The summed E-state index contributed by atoms with van der Waals surface area (Å²) in [6.07, 6.45) is 0.834. The molecule has 170 valence electrons. The molecular weight excluding hydrogens is 407 g/mol. The topological polar surface area (TPSA) is 57.2 Å². The molecule has 2 heterocycles. The molecule has 6 nitrogen and oxygen atoms in total. The summed E-state index contributed by atoms with van der Waals surface area (Å²) in [6, 6.07) is 13.8. The zero-order chi connectivity index (χ0) is 22.9. The lowest BCUT2D eigenvalue weighted by atomic mass is 9.86. The van der Waals surface area contributed by atoms with Crippen LogP contribution in [0.25, 0.3) is 0 Å². The van der Waals surface area contributed by atoms with Gasteiger partial charge in [-0.2, -0.15) is 5.10 Å². The van der Waals surface area contributed by atoms with Crippen LogP contribution in [0, 0.1) is 11.7 Å². The van der Waals surface area contributed by atoms with Crippen molar-refractivity contribution in [3.05, 3.63) is 65.5 Å². The molecular formula is C25H31FN4O2. The van der Waals surface area contributed by atoms with Gasteiger partial charge >= 0.3 is 6.03 Å². The van der Waals surface area contributed by atoms with Crippen molar-refractivity contribution in [2.24, 2.45) is 11.0 Å². The van der Waals surface area contributed by atoms with Gasteiger partial charge in [0.1, 0.15) is 11.6 Å². The van der Waals surface area contributed by atoms with Crippen LogP contribution < -0.4 is 10.1 Å². The zero-order valence-electron chi connectivity index (χ0n) is 19.1. The van der Waals surface area contributed by atoms with Crippen LogP contribution in [0.5, 0.6) is 5.75 Å². The van der Waals surface area contributed by atoms with Crippen LogP contribution in [0.3, 0.4) is 0 Å². The molecule has 0 aromatic heterocycles. The lowest BCUT2D eigenvalue weighted by Crippen LogP contribution is -2.42. The number of hydrazone groups is 1. The van der Waals surface area contributed by atoms with Crippen molar-refractivity contribution in [1.82, 2.24) is 15.2 Å². The number of nitrogens with one attached hydrogen (secondary N) is 1. The Hall–Kier alpha value is -2.93. The van der Waals surface area contributed by atoms with E-state index in [4.69, 9.17) is 9.84 Å². The monoisotopic (exact) mass is 438 g/mol. The van der Waals surface area contributed by atoms with E-state index in [1.807, 2.05) is 30.3 Å². The number of nitrogens with zero attached hydrogens (tertiary/aromatic N) is 3. The number of halogens is 1. The number of benzene rings is 2. The molecule has 0 fully saturated rings. The molecule has 0 aliphatic carbocycles. The number of amides is 2. The van der Waals surface area contributed by atoms with Gasteiger partial charge < -0.3 is 15.0 Å². The van der Waals surface area contributed by atoms with Crippen molar-refractivity contribution in [2.45, 2.75) is 38.8 Å². The van der Waals surface area contributed by atoms with Gasteiger partial charge in [-0.1, -0.05) is 30.3 Å². The van der Waals surface area contributed by atoms with Crippen LogP contribution >= 0.6 is 0 Å². The molecule has 1 N–H and O–H groups in total.